The Morgan fingerprint density at radius 3 is 2.70 bits per heavy atom. The molecule has 1 aromatic heterocycles. The summed E-state index contributed by atoms with van der Waals surface area (Å²) in [6.45, 7) is 5.62. The van der Waals surface area contributed by atoms with Gasteiger partial charge >= 0.3 is 0 Å². The number of nitrogens with one attached hydrogen (secondary N) is 1. The lowest BCUT2D eigenvalue weighted by Gasteiger charge is -2.16. The fourth-order valence-electron chi connectivity index (χ4n) is 2.61. The molecule has 1 heterocycles. The zero-order valence-electron chi connectivity index (χ0n) is 15.6. The molecule has 0 aliphatic rings. The summed E-state index contributed by atoms with van der Waals surface area (Å²) in [4.78, 5) is 0. The van der Waals surface area contributed by atoms with E-state index in [2.05, 4.69) is 55.8 Å². The first-order valence-electron chi connectivity index (χ1n) is 8.67. The molecule has 0 aliphatic carbocycles. The number of nitrogens with zero attached hydrogens (tertiary/aromatic N) is 4. The van der Waals surface area contributed by atoms with Crippen LogP contribution in [0.2, 0.25) is 0 Å². The normalized spacial score (nSPS) is 10.7. The van der Waals surface area contributed by atoms with Gasteiger partial charge in [0.15, 0.2) is 11.5 Å². The number of halogens is 1. The van der Waals surface area contributed by atoms with Crippen molar-refractivity contribution in [2.24, 2.45) is 7.05 Å². The summed E-state index contributed by atoms with van der Waals surface area (Å²) in [7, 11) is 1.78. The third kappa shape index (κ3) is 4.77. The number of tetrazole rings is 1. The minimum absolute atomic E-state index is 0.480. The van der Waals surface area contributed by atoms with Gasteiger partial charge in [0.2, 0.25) is 5.95 Å². The topological polar surface area (TPSA) is 74.1 Å². The highest BCUT2D eigenvalue weighted by molar-refractivity contribution is 9.10. The number of hydrogen-bond acceptors (Lipinski definition) is 6. The molecule has 0 amide bonds. The highest BCUT2D eigenvalue weighted by atomic mass is 79.9. The first kappa shape index (κ1) is 19.2. The standard InChI is InChI=1S/C19H22BrN5O2/c1-4-26-17-10-14(11-21-19-22-23-24-25(19)3)9-16(20)18(17)27-12-15-8-6-5-7-13(15)2/h5-10H,4,11-12H2,1-3H3,(H,21,22,24). The quantitative estimate of drug-likeness (QED) is 0.583. The van der Waals surface area contributed by atoms with Gasteiger partial charge in [0.1, 0.15) is 6.61 Å². The molecular weight excluding hydrogens is 410 g/mol. The highest BCUT2D eigenvalue weighted by Crippen LogP contribution is 2.37. The molecule has 3 aromatic rings. The molecular formula is C19H22BrN5O2. The zero-order valence-corrected chi connectivity index (χ0v) is 17.2. The van der Waals surface area contributed by atoms with Gasteiger partial charge in [-0.1, -0.05) is 29.4 Å². The molecule has 0 bridgehead atoms. The zero-order chi connectivity index (χ0) is 19.2. The predicted octanol–water partition coefficient (Wildman–Crippen LogP) is 3.87. The summed E-state index contributed by atoms with van der Waals surface area (Å²) < 4.78 is 14.3. The molecule has 7 nitrogen and oxygen atoms in total. The molecule has 27 heavy (non-hydrogen) atoms. The summed E-state index contributed by atoms with van der Waals surface area (Å²) in [5, 5.41) is 14.6. The second-order valence-corrected chi connectivity index (χ2v) is 6.89. The molecule has 0 spiro atoms. The maximum atomic E-state index is 6.08. The Kier molecular flexibility index (Phi) is 6.28. The van der Waals surface area contributed by atoms with Crippen LogP contribution in [0.4, 0.5) is 5.95 Å². The van der Waals surface area contributed by atoms with Crippen molar-refractivity contribution in [1.82, 2.24) is 20.2 Å². The van der Waals surface area contributed by atoms with Crippen LogP contribution in [-0.4, -0.2) is 26.8 Å². The largest absolute Gasteiger partial charge is 0.490 e. The van der Waals surface area contributed by atoms with Gasteiger partial charge in [-0.2, -0.15) is 0 Å². The van der Waals surface area contributed by atoms with Crippen molar-refractivity contribution in [3.05, 3.63) is 57.6 Å². The van der Waals surface area contributed by atoms with Crippen LogP contribution < -0.4 is 14.8 Å². The Bertz CT molecular complexity index is 913. The van der Waals surface area contributed by atoms with Crippen LogP contribution in [-0.2, 0) is 20.2 Å². The van der Waals surface area contributed by atoms with Crippen molar-refractivity contribution >= 4 is 21.9 Å². The van der Waals surface area contributed by atoms with Crippen molar-refractivity contribution in [3.63, 3.8) is 0 Å². The number of anilines is 1. The molecule has 0 atom stereocenters. The van der Waals surface area contributed by atoms with Gasteiger partial charge in [-0.3, -0.25) is 0 Å². The number of ether oxygens (including phenoxy) is 2. The third-order valence-electron chi connectivity index (χ3n) is 4.07. The fraction of sp³-hybridized carbons (Fsp3) is 0.316. The molecule has 142 valence electrons. The van der Waals surface area contributed by atoms with Crippen molar-refractivity contribution < 1.29 is 9.47 Å². The Balaban J connectivity index is 1.77. The molecule has 0 radical (unpaired) electrons. The van der Waals surface area contributed by atoms with E-state index in [-0.39, 0.29) is 0 Å². The number of hydrogen-bond donors (Lipinski definition) is 1. The molecule has 0 unspecified atom stereocenters. The van der Waals surface area contributed by atoms with E-state index in [1.807, 2.05) is 31.2 Å². The van der Waals surface area contributed by atoms with Gasteiger partial charge in [0.05, 0.1) is 11.1 Å². The van der Waals surface area contributed by atoms with Gasteiger partial charge in [0.25, 0.3) is 0 Å². The number of aromatic nitrogens is 4. The second kappa shape index (κ2) is 8.85. The first-order chi connectivity index (χ1) is 13.1. The predicted molar refractivity (Wildman–Crippen MR) is 107 cm³/mol. The van der Waals surface area contributed by atoms with E-state index in [0.29, 0.717) is 37.2 Å². The summed E-state index contributed by atoms with van der Waals surface area (Å²) in [5.74, 6) is 2.00. The molecule has 1 N–H and O–H groups in total. The monoisotopic (exact) mass is 431 g/mol. The van der Waals surface area contributed by atoms with Crippen LogP contribution >= 0.6 is 15.9 Å². The van der Waals surface area contributed by atoms with Crippen LogP contribution in [0.1, 0.15) is 23.6 Å². The van der Waals surface area contributed by atoms with Crippen molar-refractivity contribution in [3.8, 4) is 11.5 Å². The number of benzene rings is 2. The maximum Gasteiger partial charge on any atom is 0.242 e. The number of aryl methyl sites for hydroxylation is 2. The van der Waals surface area contributed by atoms with Crippen LogP contribution in [0, 0.1) is 6.92 Å². The summed E-state index contributed by atoms with van der Waals surface area (Å²) >= 11 is 3.61. The highest BCUT2D eigenvalue weighted by Gasteiger charge is 2.14. The van der Waals surface area contributed by atoms with Gasteiger partial charge in [0, 0.05) is 13.6 Å². The Hall–Kier alpha value is -2.61. The molecule has 3 rings (SSSR count). The van der Waals surface area contributed by atoms with E-state index in [4.69, 9.17) is 9.47 Å². The van der Waals surface area contributed by atoms with Crippen molar-refractivity contribution in [2.45, 2.75) is 27.0 Å². The fourth-order valence-corrected chi connectivity index (χ4v) is 3.21. The summed E-state index contributed by atoms with van der Waals surface area (Å²) in [6.07, 6.45) is 0. The number of rotatable bonds is 8. The van der Waals surface area contributed by atoms with E-state index >= 15 is 0 Å². The molecule has 0 aliphatic heterocycles. The lowest BCUT2D eigenvalue weighted by molar-refractivity contribution is 0.267. The summed E-state index contributed by atoms with van der Waals surface area (Å²) in [6, 6.07) is 12.2. The van der Waals surface area contributed by atoms with Crippen LogP contribution in [0.5, 0.6) is 11.5 Å². The van der Waals surface area contributed by atoms with Gasteiger partial charge < -0.3 is 14.8 Å². The molecule has 0 fully saturated rings. The Morgan fingerprint density at radius 2 is 2.00 bits per heavy atom. The van der Waals surface area contributed by atoms with Gasteiger partial charge in [-0.05, 0) is 69.0 Å². The van der Waals surface area contributed by atoms with Crippen LogP contribution in [0.25, 0.3) is 0 Å². The lowest BCUT2D eigenvalue weighted by atomic mass is 10.1. The van der Waals surface area contributed by atoms with Crippen molar-refractivity contribution in [2.75, 3.05) is 11.9 Å². The smallest absolute Gasteiger partial charge is 0.242 e. The summed E-state index contributed by atoms with van der Waals surface area (Å²) in [5.41, 5.74) is 3.37. The van der Waals surface area contributed by atoms with E-state index in [1.165, 1.54) is 5.56 Å². The first-order valence-corrected chi connectivity index (χ1v) is 9.46. The molecule has 8 heteroatoms. The van der Waals surface area contributed by atoms with Crippen molar-refractivity contribution in [1.29, 1.82) is 0 Å². The Labute approximate surface area is 166 Å². The van der Waals surface area contributed by atoms with Gasteiger partial charge in [-0.25, -0.2) is 4.68 Å². The SMILES string of the molecule is CCOc1cc(CNc2nnnn2C)cc(Br)c1OCc1ccccc1C. The van der Waals surface area contributed by atoms with Gasteiger partial charge in [-0.15, -0.1) is 0 Å². The molecule has 2 aromatic carbocycles. The molecule has 0 saturated carbocycles. The minimum Gasteiger partial charge on any atom is -0.490 e. The van der Waals surface area contributed by atoms with E-state index in [1.54, 1.807) is 11.7 Å². The second-order valence-electron chi connectivity index (χ2n) is 6.03. The van der Waals surface area contributed by atoms with E-state index in [9.17, 15) is 0 Å². The lowest BCUT2D eigenvalue weighted by Crippen LogP contribution is -2.07. The average Bonchev–Trinajstić information content (AvgIpc) is 3.06. The molecule has 0 saturated heterocycles. The van der Waals surface area contributed by atoms with E-state index < -0.39 is 0 Å². The van der Waals surface area contributed by atoms with Crippen LogP contribution in [0.3, 0.4) is 0 Å². The third-order valence-corrected chi connectivity index (χ3v) is 4.66. The average molecular weight is 432 g/mol. The Morgan fingerprint density at radius 1 is 1.19 bits per heavy atom. The minimum atomic E-state index is 0.480. The van der Waals surface area contributed by atoms with Crippen LogP contribution in [0.15, 0.2) is 40.9 Å². The maximum absolute atomic E-state index is 6.08. The van der Waals surface area contributed by atoms with E-state index in [0.717, 1.165) is 15.6 Å².